The van der Waals surface area contributed by atoms with E-state index in [9.17, 15) is 18.0 Å². The maximum atomic E-state index is 12.7. The highest BCUT2D eigenvalue weighted by molar-refractivity contribution is 7.71. The van der Waals surface area contributed by atoms with Crippen LogP contribution in [0.15, 0.2) is 18.3 Å². The Morgan fingerprint density at radius 1 is 1.40 bits per heavy atom. The van der Waals surface area contributed by atoms with E-state index in [4.69, 9.17) is 12.2 Å². The lowest BCUT2D eigenvalue weighted by Crippen LogP contribution is -2.41. The molecule has 1 aromatic rings. The van der Waals surface area contributed by atoms with Crippen molar-refractivity contribution in [3.05, 3.63) is 28.5 Å². The summed E-state index contributed by atoms with van der Waals surface area (Å²) in [5.74, 6) is -1.74. The standard InChI is InChI=1S/C13H15F3N2OS/c14-13(15,16)8-3-1-4-9(7-8)18-11(19)10-5-2-6-17-12(10)20/h2,5-6,8-9H,1,3-4,7H2,(H,17,20)(H,18,19). The van der Waals surface area contributed by atoms with Gasteiger partial charge in [0, 0.05) is 12.2 Å². The van der Waals surface area contributed by atoms with Gasteiger partial charge in [-0.3, -0.25) is 4.79 Å². The maximum Gasteiger partial charge on any atom is 0.391 e. The van der Waals surface area contributed by atoms with Gasteiger partial charge in [-0.1, -0.05) is 18.6 Å². The third-order valence-electron chi connectivity index (χ3n) is 3.54. The second-order valence-corrected chi connectivity index (χ2v) is 5.40. The molecule has 1 aliphatic rings. The Morgan fingerprint density at radius 3 is 2.80 bits per heavy atom. The number of amides is 1. The van der Waals surface area contributed by atoms with E-state index in [1.165, 1.54) is 0 Å². The minimum atomic E-state index is -4.19. The fourth-order valence-corrected chi connectivity index (χ4v) is 2.71. The van der Waals surface area contributed by atoms with Crippen molar-refractivity contribution in [3.63, 3.8) is 0 Å². The molecule has 1 heterocycles. The van der Waals surface area contributed by atoms with E-state index < -0.39 is 24.0 Å². The van der Waals surface area contributed by atoms with Crippen LogP contribution in [0.5, 0.6) is 0 Å². The number of carbonyl (C=O) groups excluding carboxylic acids is 1. The van der Waals surface area contributed by atoms with E-state index in [-0.39, 0.29) is 23.0 Å². The summed E-state index contributed by atoms with van der Waals surface area (Å²) >= 11 is 4.98. The van der Waals surface area contributed by atoms with E-state index in [0.717, 1.165) is 0 Å². The Morgan fingerprint density at radius 2 is 2.15 bits per heavy atom. The molecule has 110 valence electrons. The summed E-state index contributed by atoms with van der Waals surface area (Å²) in [4.78, 5) is 14.7. The van der Waals surface area contributed by atoms with Crippen molar-refractivity contribution < 1.29 is 18.0 Å². The molecule has 0 aliphatic heterocycles. The van der Waals surface area contributed by atoms with Crippen LogP contribution >= 0.6 is 12.2 Å². The summed E-state index contributed by atoms with van der Waals surface area (Å²) < 4.78 is 38.4. The summed E-state index contributed by atoms with van der Waals surface area (Å²) in [5, 5.41) is 2.65. The zero-order chi connectivity index (χ0) is 14.8. The van der Waals surface area contributed by atoms with Gasteiger partial charge in [-0.15, -0.1) is 0 Å². The normalized spacial score (nSPS) is 23.4. The predicted molar refractivity (Wildman–Crippen MR) is 70.9 cm³/mol. The molecule has 20 heavy (non-hydrogen) atoms. The van der Waals surface area contributed by atoms with Crippen LogP contribution in [-0.4, -0.2) is 23.1 Å². The molecule has 0 aromatic carbocycles. The first kappa shape index (κ1) is 15.0. The summed E-state index contributed by atoms with van der Waals surface area (Å²) in [6.07, 6.45) is -1.47. The number of carbonyl (C=O) groups is 1. The van der Waals surface area contributed by atoms with E-state index in [2.05, 4.69) is 10.3 Å². The lowest BCUT2D eigenvalue weighted by molar-refractivity contribution is -0.183. The topological polar surface area (TPSA) is 44.9 Å². The van der Waals surface area contributed by atoms with Crippen molar-refractivity contribution >= 4 is 18.1 Å². The molecule has 0 saturated heterocycles. The smallest absolute Gasteiger partial charge is 0.352 e. The van der Waals surface area contributed by atoms with Crippen LogP contribution in [0, 0.1) is 10.6 Å². The Bertz CT molecular complexity index is 541. The number of hydrogen-bond donors (Lipinski definition) is 2. The second kappa shape index (κ2) is 5.95. The molecular formula is C13H15F3N2OS. The van der Waals surface area contributed by atoms with Gasteiger partial charge >= 0.3 is 6.18 Å². The quantitative estimate of drug-likeness (QED) is 0.820. The van der Waals surface area contributed by atoms with Crippen molar-refractivity contribution in [2.45, 2.75) is 37.9 Å². The van der Waals surface area contributed by atoms with Gasteiger partial charge in [0.25, 0.3) is 5.91 Å². The molecule has 2 N–H and O–H groups in total. The highest BCUT2D eigenvalue weighted by atomic mass is 32.1. The summed E-state index contributed by atoms with van der Waals surface area (Å²) in [6.45, 7) is 0. The number of H-pyrrole nitrogens is 1. The third kappa shape index (κ3) is 3.59. The fourth-order valence-electron chi connectivity index (χ4n) is 2.48. The monoisotopic (exact) mass is 304 g/mol. The van der Waals surface area contributed by atoms with Crippen LogP contribution in [0.4, 0.5) is 13.2 Å². The maximum absolute atomic E-state index is 12.7. The van der Waals surface area contributed by atoms with Crippen LogP contribution in [0.2, 0.25) is 0 Å². The molecule has 1 aromatic heterocycles. The van der Waals surface area contributed by atoms with E-state index >= 15 is 0 Å². The molecule has 2 rings (SSSR count). The van der Waals surface area contributed by atoms with E-state index in [0.29, 0.717) is 12.8 Å². The molecule has 0 spiro atoms. The number of hydrogen-bond acceptors (Lipinski definition) is 2. The molecule has 3 nitrogen and oxygen atoms in total. The molecule has 2 atom stereocenters. The van der Waals surface area contributed by atoms with Crippen molar-refractivity contribution in [1.82, 2.24) is 10.3 Å². The fraction of sp³-hybridized carbons (Fsp3) is 0.538. The van der Waals surface area contributed by atoms with Gasteiger partial charge in [0.1, 0.15) is 4.64 Å². The number of rotatable bonds is 2. The number of alkyl halides is 3. The number of pyridine rings is 1. The number of halogens is 3. The number of aromatic amines is 1. The minimum absolute atomic E-state index is 0.0570. The van der Waals surface area contributed by atoms with Crippen molar-refractivity contribution in [2.75, 3.05) is 0 Å². The van der Waals surface area contributed by atoms with Gasteiger partial charge in [0.15, 0.2) is 0 Å². The van der Waals surface area contributed by atoms with Gasteiger partial charge in [-0.05, 0) is 31.4 Å². The SMILES string of the molecule is O=C(NC1CCCC(C(F)(F)F)C1)c1ccc[nH]c1=S. The largest absolute Gasteiger partial charge is 0.391 e. The lowest BCUT2D eigenvalue weighted by atomic mass is 9.85. The summed E-state index contributed by atoms with van der Waals surface area (Å²) in [7, 11) is 0. The molecular weight excluding hydrogens is 289 g/mol. The van der Waals surface area contributed by atoms with E-state index in [1.807, 2.05) is 0 Å². The van der Waals surface area contributed by atoms with E-state index in [1.54, 1.807) is 18.3 Å². The van der Waals surface area contributed by atoms with Crippen molar-refractivity contribution in [2.24, 2.45) is 5.92 Å². The van der Waals surface area contributed by atoms with Crippen LogP contribution in [0.1, 0.15) is 36.0 Å². The number of nitrogens with one attached hydrogen (secondary N) is 2. The molecule has 1 saturated carbocycles. The third-order valence-corrected chi connectivity index (χ3v) is 3.87. The zero-order valence-electron chi connectivity index (χ0n) is 10.7. The first-order valence-electron chi connectivity index (χ1n) is 6.43. The number of aromatic nitrogens is 1. The first-order valence-corrected chi connectivity index (χ1v) is 6.84. The second-order valence-electron chi connectivity index (χ2n) is 4.99. The predicted octanol–water partition coefficient (Wildman–Crippen LogP) is 3.60. The van der Waals surface area contributed by atoms with Crippen LogP contribution < -0.4 is 5.32 Å². The van der Waals surface area contributed by atoms with Gasteiger partial charge in [-0.25, -0.2) is 0 Å². The average molecular weight is 304 g/mol. The Balaban J connectivity index is 2.02. The Hall–Kier alpha value is -1.37. The molecule has 0 bridgehead atoms. The molecule has 0 radical (unpaired) electrons. The highest BCUT2D eigenvalue weighted by Gasteiger charge is 2.42. The lowest BCUT2D eigenvalue weighted by Gasteiger charge is -2.31. The summed E-state index contributed by atoms with van der Waals surface area (Å²) in [5.41, 5.74) is 0.289. The molecule has 1 amide bonds. The molecule has 1 aliphatic carbocycles. The van der Waals surface area contributed by atoms with Crippen LogP contribution in [-0.2, 0) is 0 Å². The first-order chi connectivity index (χ1) is 9.38. The average Bonchev–Trinajstić information content (AvgIpc) is 2.38. The zero-order valence-corrected chi connectivity index (χ0v) is 11.5. The van der Waals surface area contributed by atoms with Gasteiger partial charge in [0.05, 0.1) is 11.5 Å². The molecule has 2 unspecified atom stereocenters. The van der Waals surface area contributed by atoms with Crippen LogP contribution in [0.3, 0.4) is 0 Å². The van der Waals surface area contributed by atoms with Gasteiger partial charge < -0.3 is 10.3 Å². The van der Waals surface area contributed by atoms with Crippen molar-refractivity contribution in [3.8, 4) is 0 Å². The Kier molecular flexibility index (Phi) is 4.47. The summed E-state index contributed by atoms with van der Waals surface area (Å²) in [6, 6.07) is 2.74. The van der Waals surface area contributed by atoms with Crippen molar-refractivity contribution in [1.29, 1.82) is 0 Å². The Labute approximate surface area is 119 Å². The molecule has 7 heteroatoms. The highest BCUT2D eigenvalue weighted by Crippen LogP contribution is 2.37. The minimum Gasteiger partial charge on any atom is -0.352 e. The molecule has 1 fully saturated rings. The van der Waals surface area contributed by atoms with Gasteiger partial charge in [-0.2, -0.15) is 13.2 Å². The van der Waals surface area contributed by atoms with Gasteiger partial charge in [0.2, 0.25) is 0 Å². The van der Waals surface area contributed by atoms with Crippen LogP contribution in [0.25, 0.3) is 0 Å².